The van der Waals surface area contributed by atoms with Crippen molar-refractivity contribution < 1.29 is 5.11 Å². The Labute approximate surface area is 72.9 Å². The molecule has 1 rings (SSSR count). The highest BCUT2D eigenvalue weighted by Crippen LogP contribution is 2.13. The molecule has 50 valence electrons. The van der Waals surface area contributed by atoms with Gasteiger partial charge in [-0.1, -0.05) is 0 Å². The zero-order chi connectivity index (χ0) is 5.98. The molecule has 4 heteroatoms. The van der Waals surface area contributed by atoms with Crippen molar-refractivity contribution in [2.45, 2.75) is 0 Å². The number of nitrogens with zero attached hydrogens (tertiary/aromatic N) is 1. The normalized spacial score (nSPS) is 8.11. The monoisotopic (exact) mass is 257 g/mol. The van der Waals surface area contributed by atoms with Gasteiger partial charge in [0.25, 0.3) is 0 Å². The van der Waals surface area contributed by atoms with Crippen LogP contribution in [0.4, 0.5) is 0 Å². The Morgan fingerprint density at radius 2 is 2.22 bits per heavy atom. The fourth-order valence-electron chi connectivity index (χ4n) is 0.378. The van der Waals surface area contributed by atoms with Crippen molar-refractivity contribution in [2.24, 2.45) is 0 Å². The fraction of sp³-hybridized carbons (Fsp3) is 0. The summed E-state index contributed by atoms with van der Waals surface area (Å²) in [5, 5.41) is 8.85. The molecule has 0 saturated heterocycles. The molecule has 0 aliphatic carbocycles. The molecule has 0 fully saturated rings. The van der Waals surface area contributed by atoms with E-state index in [2.05, 4.69) is 4.98 Å². The van der Waals surface area contributed by atoms with Gasteiger partial charge in [-0.15, -0.1) is 12.4 Å². The van der Waals surface area contributed by atoms with Gasteiger partial charge in [-0.3, -0.25) is 0 Å². The Kier molecular flexibility index (Phi) is 3.88. The highest BCUT2D eigenvalue weighted by atomic mass is 127. The number of pyridine rings is 1. The maximum atomic E-state index is 8.85. The zero-order valence-corrected chi connectivity index (χ0v) is 7.39. The molecule has 0 unspecified atom stereocenters. The second-order valence-corrected chi connectivity index (χ2v) is 2.34. The van der Waals surface area contributed by atoms with Gasteiger partial charge in [0.05, 0.1) is 0 Å². The van der Waals surface area contributed by atoms with Crippen LogP contribution < -0.4 is 0 Å². The van der Waals surface area contributed by atoms with E-state index in [0.29, 0.717) is 3.70 Å². The van der Waals surface area contributed by atoms with Gasteiger partial charge >= 0.3 is 0 Å². The first-order chi connectivity index (χ1) is 3.80. The number of hydrogen-bond acceptors (Lipinski definition) is 2. The number of aromatic nitrogens is 1. The molecule has 1 aromatic heterocycles. The Hall–Kier alpha value is -0.0300. The van der Waals surface area contributed by atoms with Gasteiger partial charge in [-0.2, -0.15) is 0 Å². The topological polar surface area (TPSA) is 33.1 Å². The van der Waals surface area contributed by atoms with Gasteiger partial charge in [0.2, 0.25) is 0 Å². The molecule has 0 bridgehead atoms. The van der Waals surface area contributed by atoms with Gasteiger partial charge in [0.1, 0.15) is 9.45 Å². The molecule has 0 amide bonds. The van der Waals surface area contributed by atoms with Crippen molar-refractivity contribution in [1.29, 1.82) is 0 Å². The van der Waals surface area contributed by atoms with Gasteiger partial charge in [-0.05, 0) is 34.7 Å². The molecule has 1 N–H and O–H groups in total. The molecule has 9 heavy (non-hydrogen) atoms. The third kappa shape index (κ3) is 2.36. The molecular weight excluding hydrogens is 252 g/mol. The molecule has 0 radical (unpaired) electrons. The Morgan fingerprint density at radius 1 is 1.56 bits per heavy atom. The van der Waals surface area contributed by atoms with Gasteiger partial charge < -0.3 is 5.11 Å². The van der Waals surface area contributed by atoms with Crippen LogP contribution in [0.15, 0.2) is 18.3 Å². The summed E-state index contributed by atoms with van der Waals surface area (Å²) in [6.45, 7) is 0. The Balaban J connectivity index is 0.000000640. The van der Waals surface area contributed by atoms with E-state index in [1.807, 2.05) is 22.6 Å². The van der Waals surface area contributed by atoms with Crippen LogP contribution >= 0.6 is 35.0 Å². The number of halogens is 2. The first kappa shape index (κ1) is 8.97. The summed E-state index contributed by atoms with van der Waals surface area (Å²) in [6.07, 6.45) is 1.64. The SMILES string of the molecule is Cl.Oc1cccnc1I. The molecular formula is C5H5ClINO. The summed E-state index contributed by atoms with van der Waals surface area (Å²) in [5.41, 5.74) is 0. The van der Waals surface area contributed by atoms with Crippen LogP contribution in [0.25, 0.3) is 0 Å². The average Bonchev–Trinajstić information content (AvgIpc) is 1.77. The molecule has 0 atom stereocenters. The van der Waals surface area contributed by atoms with Crippen molar-refractivity contribution in [3.63, 3.8) is 0 Å². The lowest BCUT2D eigenvalue weighted by Gasteiger charge is -1.89. The quantitative estimate of drug-likeness (QED) is 0.568. The predicted molar refractivity (Wildman–Crippen MR) is 45.9 cm³/mol. The van der Waals surface area contributed by atoms with Crippen molar-refractivity contribution in [2.75, 3.05) is 0 Å². The number of rotatable bonds is 0. The first-order valence-electron chi connectivity index (χ1n) is 2.10. The van der Waals surface area contributed by atoms with Crippen molar-refractivity contribution in [3.8, 4) is 5.75 Å². The zero-order valence-electron chi connectivity index (χ0n) is 4.41. The smallest absolute Gasteiger partial charge is 0.147 e. The lowest BCUT2D eigenvalue weighted by molar-refractivity contribution is 0.468. The van der Waals surface area contributed by atoms with Crippen molar-refractivity contribution in [1.82, 2.24) is 4.98 Å². The third-order valence-corrected chi connectivity index (χ3v) is 1.57. The minimum absolute atomic E-state index is 0. The van der Waals surface area contributed by atoms with Crippen LogP contribution in [0.3, 0.4) is 0 Å². The maximum absolute atomic E-state index is 8.85. The maximum Gasteiger partial charge on any atom is 0.147 e. The largest absolute Gasteiger partial charge is 0.505 e. The lowest BCUT2D eigenvalue weighted by Crippen LogP contribution is -1.75. The molecule has 1 aromatic rings. The number of hydrogen-bond donors (Lipinski definition) is 1. The van der Waals surface area contributed by atoms with E-state index < -0.39 is 0 Å². The van der Waals surface area contributed by atoms with Crippen LogP contribution in [-0.2, 0) is 0 Å². The summed E-state index contributed by atoms with van der Waals surface area (Å²) in [5.74, 6) is 0.244. The van der Waals surface area contributed by atoms with Crippen LogP contribution in [-0.4, -0.2) is 10.1 Å². The van der Waals surface area contributed by atoms with E-state index in [4.69, 9.17) is 5.11 Å². The molecule has 0 spiro atoms. The lowest BCUT2D eigenvalue weighted by atomic mass is 10.5. The fourth-order valence-corrected chi connectivity index (χ4v) is 0.718. The van der Waals surface area contributed by atoms with Gasteiger partial charge in [-0.25, -0.2) is 4.98 Å². The molecule has 0 aliphatic rings. The van der Waals surface area contributed by atoms with Crippen LogP contribution in [0.2, 0.25) is 0 Å². The minimum Gasteiger partial charge on any atom is -0.505 e. The van der Waals surface area contributed by atoms with Crippen molar-refractivity contribution >= 4 is 35.0 Å². The highest BCUT2D eigenvalue weighted by molar-refractivity contribution is 14.1. The van der Waals surface area contributed by atoms with Crippen LogP contribution in [0.5, 0.6) is 5.75 Å². The Morgan fingerprint density at radius 3 is 2.56 bits per heavy atom. The van der Waals surface area contributed by atoms with E-state index in [1.54, 1.807) is 18.3 Å². The second kappa shape index (κ2) is 3.90. The molecule has 0 aliphatic heterocycles. The van der Waals surface area contributed by atoms with E-state index in [-0.39, 0.29) is 18.2 Å². The third-order valence-electron chi connectivity index (χ3n) is 0.739. The molecule has 1 heterocycles. The molecule has 0 saturated carbocycles. The van der Waals surface area contributed by atoms with E-state index >= 15 is 0 Å². The van der Waals surface area contributed by atoms with E-state index in [0.717, 1.165) is 0 Å². The minimum atomic E-state index is 0. The predicted octanol–water partition coefficient (Wildman–Crippen LogP) is 1.81. The number of aromatic hydroxyl groups is 1. The van der Waals surface area contributed by atoms with Gasteiger partial charge in [0, 0.05) is 6.20 Å². The van der Waals surface area contributed by atoms with Crippen molar-refractivity contribution in [3.05, 3.63) is 22.0 Å². The first-order valence-corrected chi connectivity index (χ1v) is 3.18. The molecule has 0 aromatic carbocycles. The summed E-state index contributed by atoms with van der Waals surface area (Å²) >= 11 is 1.96. The standard InChI is InChI=1S/C5H4INO.ClH/c6-5-4(8)2-1-3-7-5;/h1-3,8H;1H. The van der Waals surface area contributed by atoms with Gasteiger partial charge in [0.15, 0.2) is 0 Å². The van der Waals surface area contributed by atoms with Crippen LogP contribution in [0.1, 0.15) is 0 Å². The average molecular weight is 257 g/mol. The van der Waals surface area contributed by atoms with E-state index in [1.165, 1.54) is 0 Å². The molecule has 2 nitrogen and oxygen atoms in total. The van der Waals surface area contributed by atoms with Crippen LogP contribution in [0, 0.1) is 3.70 Å². The Bertz CT molecular complexity index is 173. The summed E-state index contributed by atoms with van der Waals surface area (Å²) in [6, 6.07) is 3.30. The summed E-state index contributed by atoms with van der Waals surface area (Å²) in [7, 11) is 0. The van der Waals surface area contributed by atoms with E-state index in [9.17, 15) is 0 Å². The highest BCUT2D eigenvalue weighted by Gasteiger charge is 1.91. The second-order valence-electron chi connectivity index (χ2n) is 1.31. The summed E-state index contributed by atoms with van der Waals surface area (Å²) in [4.78, 5) is 3.82. The summed E-state index contributed by atoms with van der Waals surface area (Å²) < 4.78 is 0.644.